The SMILES string of the molecule is CCNCC(N)=O.O=S(=O)(O)O. The molecule has 0 fully saturated rings. The molecule has 74 valence electrons. The highest BCUT2D eigenvalue weighted by molar-refractivity contribution is 7.79. The smallest absolute Gasteiger partial charge is 0.369 e. The lowest BCUT2D eigenvalue weighted by atomic mass is 10.6. The Morgan fingerprint density at radius 3 is 1.92 bits per heavy atom. The topological polar surface area (TPSA) is 130 Å². The predicted molar refractivity (Wildman–Crippen MR) is 41.9 cm³/mol. The Balaban J connectivity index is 0. The van der Waals surface area contributed by atoms with E-state index in [2.05, 4.69) is 5.32 Å². The number of carbonyl (C=O) groups is 1. The van der Waals surface area contributed by atoms with E-state index < -0.39 is 10.4 Å². The third kappa shape index (κ3) is 58.8. The number of amides is 1. The van der Waals surface area contributed by atoms with E-state index in [1.165, 1.54) is 0 Å². The lowest BCUT2D eigenvalue weighted by molar-refractivity contribution is -0.117. The standard InChI is InChI=1S/C4H10N2O.H2O4S/c1-2-6-3-4(5)7;1-5(2,3)4/h6H,2-3H2,1H3,(H2,5,7);(H2,1,2,3,4). The Bertz CT molecular complexity index is 203. The minimum atomic E-state index is -4.67. The normalized spacial score (nSPS) is 9.92. The maximum Gasteiger partial charge on any atom is 0.394 e. The molecule has 0 aliphatic carbocycles. The van der Waals surface area contributed by atoms with Gasteiger partial charge in [-0.1, -0.05) is 6.92 Å². The summed E-state index contributed by atoms with van der Waals surface area (Å²) < 4.78 is 31.6. The molecule has 0 aliphatic heterocycles. The van der Waals surface area contributed by atoms with Crippen molar-refractivity contribution in [2.45, 2.75) is 6.92 Å². The van der Waals surface area contributed by atoms with Gasteiger partial charge in [-0.25, -0.2) is 0 Å². The Hall–Kier alpha value is -0.700. The molecule has 0 saturated heterocycles. The summed E-state index contributed by atoms with van der Waals surface area (Å²) in [6.45, 7) is 3.00. The molecule has 12 heavy (non-hydrogen) atoms. The molecule has 0 bridgehead atoms. The molecule has 0 rings (SSSR count). The maximum atomic E-state index is 9.92. The second kappa shape index (κ2) is 6.98. The van der Waals surface area contributed by atoms with Crippen LogP contribution in [0.2, 0.25) is 0 Å². The third-order valence-corrected chi connectivity index (χ3v) is 0.549. The van der Waals surface area contributed by atoms with Crippen LogP contribution >= 0.6 is 0 Å². The second-order valence-electron chi connectivity index (χ2n) is 1.69. The fourth-order valence-electron chi connectivity index (χ4n) is 0.248. The maximum absolute atomic E-state index is 9.92. The summed E-state index contributed by atoms with van der Waals surface area (Å²) in [5.74, 6) is -0.304. The van der Waals surface area contributed by atoms with E-state index in [9.17, 15) is 4.79 Å². The minimum Gasteiger partial charge on any atom is -0.369 e. The van der Waals surface area contributed by atoms with Crippen LogP contribution in [0.4, 0.5) is 0 Å². The van der Waals surface area contributed by atoms with Crippen LogP contribution in [0.1, 0.15) is 6.92 Å². The Morgan fingerprint density at radius 1 is 1.50 bits per heavy atom. The molecule has 1 amide bonds. The Kier molecular flexibility index (Phi) is 8.06. The molecule has 0 aromatic heterocycles. The molecular weight excluding hydrogens is 188 g/mol. The van der Waals surface area contributed by atoms with Gasteiger partial charge in [-0.15, -0.1) is 0 Å². The van der Waals surface area contributed by atoms with Crippen LogP contribution < -0.4 is 11.1 Å². The van der Waals surface area contributed by atoms with Crippen molar-refractivity contribution < 1.29 is 22.3 Å². The van der Waals surface area contributed by atoms with Crippen molar-refractivity contribution in [3.8, 4) is 0 Å². The molecule has 0 saturated carbocycles. The van der Waals surface area contributed by atoms with Crippen molar-refractivity contribution in [2.24, 2.45) is 5.73 Å². The van der Waals surface area contributed by atoms with Crippen LogP contribution in [-0.2, 0) is 15.2 Å². The highest BCUT2D eigenvalue weighted by Gasteiger charge is 1.86. The van der Waals surface area contributed by atoms with Gasteiger partial charge in [0, 0.05) is 0 Å². The Labute approximate surface area is 70.5 Å². The van der Waals surface area contributed by atoms with Crippen LogP contribution in [0.5, 0.6) is 0 Å². The number of nitrogens with two attached hydrogens (primary N) is 1. The van der Waals surface area contributed by atoms with E-state index in [4.69, 9.17) is 23.3 Å². The van der Waals surface area contributed by atoms with Crippen molar-refractivity contribution in [2.75, 3.05) is 13.1 Å². The summed E-state index contributed by atoms with van der Waals surface area (Å²) in [4.78, 5) is 9.92. The van der Waals surface area contributed by atoms with Crippen LogP contribution in [0.25, 0.3) is 0 Å². The molecule has 0 radical (unpaired) electrons. The summed E-state index contributed by atoms with van der Waals surface area (Å²) in [5, 5.41) is 2.77. The van der Waals surface area contributed by atoms with Crippen LogP contribution in [0.3, 0.4) is 0 Å². The van der Waals surface area contributed by atoms with Gasteiger partial charge in [-0.3, -0.25) is 13.9 Å². The van der Waals surface area contributed by atoms with Gasteiger partial charge in [0.2, 0.25) is 5.91 Å². The van der Waals surface area contributed by atoms with Gasteiger partial charge in [0.05, 0.1) is 6.54 Å². The van der Waals surface area contributed by atoms with E-state index in [1.807, 2.05) is 6.92 Å². The highest BCUT2D eigenvalue weighted by atomic mass is 32.3. The molecule has 0 aliphatic rings. The fraction of sp³-hybridized carbons (Fsp3) is 0.750. The van der Waals surface area contributed by atoms with Gasteiger partial charge in [0.25, 0.3) is 0 Å². The van der Waals surface area contributed by atoms with E-state index in [0.29, 0.717) is 0 Å². The van der Waals surface area contributed by atoms with Crippen molar-refractivity contribution in [1.29, 1.82) is 0 Å². The second-order valence-corrected chi connectivity index (χ2v) is 2.59. The summed E-state index contributed by atoms with van der Waals surface area (Å²) >= 11 is 0. The molecular formula is C4H12N2O5S. The summed E-state index contributed by atoms with van der Waals surface area (Å²) in [6.07, 6.45) is 0. The molecule has 0 atom stereocenters. The van der Waals surface area contributed by atoms with Gasteiger partial charge >= 0.3 is 10.4 Å². The van der Waals surface area contributed by atoms with E-state index >= 15 is 0 Å². The van der Waals surface area contributed by atoms with Crippen LogP contribution in [0, 0.1) is 0 Å². The number of rotatable bonds is 3. The average molecular weight is 200 g/mol. The number of likely N-dealkylation sites (N-methyl/N-ethyl adjacent to an activating group) is 1. The zero-order valence-electron chi connectivity index (χ0n) is 6.52. The lowest BCUT2D eigenvalue weighted by Gasteiger charge is -1.91. The molecule has 7 nitrogen and oxygen atoms in total. The first-order valence-corrected chi connectivity index (χ1v) is 4.36. The van der Waals surface area contributed by atoms with E-state index in [1.54, 1.807) is 0 Å². The molecule has 0 heterocycles. The molecule has 0 aromatic rings. The third-order valence-electron chi connectivity index (χ3n) is 0.549. The molecule has 0 unspecified atom stereocenters. The number of nitrogens with one attached hydrogen (secondary N) is 1. The van der Waals surface area contributed by atoms with Gasteiger partial charge < -0.3 is 11.1 Å². The minimum absolute atomic E-state index is 0.288. The summed E-state index contributed by atoms with van der Waals surface area (Å²) in [5.41, 5.74) is 4.78. The Morgan fingerprint density at radius 2 is 1.83 bits per heavy atom. The van der Waals surface area contributed by atoms with E-state index in [0.717, 1.165) is 6.54 Å². The van der Waals surface area contributed by atoms with Gasteiger partial charge in [0.15, 0.2) is 0 Å². The van der Waals surface area contributed by atoms with Gasteiger partial charge in [-0.2, -0.15) is 8.42 Å². The zero-order valence-corrected chi connectivity index (χ0v) is 7.34. The van der Waals surface area contributed by atoms with Crippen LogP contribution in [-0.4, -0.2) is 36.5 Å². The first-order valence-electron chi connectivity index (χ1n) is 2.96. The van der Waals surface area contributed by atoms with Gasteiger partial charge in [0.1, 0.15) is 0 Å². The molecule has 8 heteroatoms. The highest BCUT2D eigenvalue weighted by Crippen LogP contribution is 1.59. The number of hydrogen-bond donors (Lipinski definition) is 4. The predicted octanol–water partition coefficient (Wildman–Crippen LogP) is -1.57. The first kappa shape index (κ1) is 13.9. The number of hydrogen-bond acceptors (Lipinski definition) is 4. The largest absolute Gasteiger partial charge is 0.394 e. The summed E-state index contributed by atoms with van der Waals surface area (Å²) in [6, 6.07) is 0. The van der Waals surface area contributed by atoms with E-state index in [-0.39, 0.29) is 12.5 Å². The number of carbonyl (C=O) groups excluding carboxylic acids is 1. The van der Waals surface area contributed by atoms with Crippen molar-refractivity contribution in [1.82, 2.24) is 5.32 Å². The monoisotopic (exact) mass is 200 g/mol. The van der Waals surface area contributed by atoms with Crippen molar-refractivity contribution >= 4 is 16.3 Å². The molecule has 0 aromatic carbocycles. The zero-order chi connectivity index (χ0) is 10.2. The van der Waals surface area contributed by atoms with Crippen molar-refractivity contribution in [3.63, 3.8) is 0 Å². The number of primary amides is 1. The van der Waals surface area contributed by atoms with Gasteiger partial charge in [-0.05, 0) is 6.54 Å². The molecule has 5 N–H and O–H groups in total. The first-order chi connectivity index (χ1) is 5.27. The quantitative estimate of drug-likeness (QED) is 0.407. The summed E-state index contributed by atoms with van der Waals surface area (Å²) in [7, 11) is -4.67. The van der Waals surface area contributed by atoms with Crippen molar-refractivity contribution in [3.05, 3.63) is 0 Å². The molecule has 0 spiro atoms. The lowest BCUT2D eigenvalue weighted by Crippen LogP contribution is -2.28. The van der Waals surface area contributed by atoms with Crippen LogP contribution in [0.15, 0.2) is 0 Å². The average Bonchev–Trinajstić information content (AvgIpc) is 1.79. The fourth-order valence-corrected chi connectivity index (χ4v) is 0.248.